The zero-order chi connectivity index (χ0) is 22.2. The molecule has 9 nitrogen and oxygen atoms in total. The van der Waals surface area contributed by atoms with Gasteiger partial charge in [0.1, 0.15) is 6.10 Å². The number of rotatable bonds is 9. The van der Waals surface area contributed by atoms with Crippen molar-refractivity contribution in [3.8, 4) is 17.2 Å². The van der Waals surface area contributed by atoms with Crippen molar-refractivity contribution in [2.75, 3.05) is 60.6 Å². The van der Waals surface area contributed by atoms with Crippen LogP contribution < -0.4 is 19.5 Å². The number of esters is 1. The summed E-state index contributed by atoms with van der Waals surface area (Å²) >= 11 is 0. The zero-order valence-electron chi connectivity index (χ0n) is 18.6. The second kappa shape index (κ2) is 11.2. The Morgan fingerprint density at radius 3 is 2.23 bits per heavy atom. The van der Waals surface area contributed by atoms with E-state index in [4.69, 9.17) is 18.9 Å². The van der Waals surface area contributed by atoms with Crippen molar-refractivity contribution < 1.29 is 28.5 Å². The molecule has 0 unspecified atom stereocenters. The Labute approximate surface area is 183 Å². The maximum absolute atomic E-state index is 12.5. The second-order valence-electron chi connectivity index (χ2n) is 7.80. The molecule has 2 heterocycles. The molecule has 0 bridgehead atoms. The molecule has 1 N–H and O–H groups in total. The van der Waals surface area contributed by atoms with Gasteiger partial charge < -0.3 is 29.2 Å². The quantitative estimate of drug-likeness (QED) is 0.576. The molecule has 1 atom stereocenters. The van der Waals surface area contributed by atoms with Crippen molar-refractivity contribution in [2.24, 2.45) is 0 Å². The lowest BCUT2D eigenvalue weighted by molar-refractivity contribution is -0.150. The first-order valence-electron chi connectivity index (χ1n) is 10.7. The van der Waals surface area contributed by atoms with Gasteiger partial charge in [-0.3, -0.25) is 14.5 Å². The molecule has 2 aliphatic heterocycles. The summed E-state index contributed by atoms with van der Waals surface area (Å²) < 4.78 is 21.6. The molecule has 31 heavy (non-hydrogen) atoms. The first-order chi connectivity index (χ1) is 15.0. The highest BCUT2D eigenvalue weighted by atomic mass is 16.5. The predicted octanol–water partition coefficient (Wildman–Crippen LogP) is 1.04. The Morgan fingerprint density at radius 1 is 1.00 bits per heavy atom. The average molecular weight is 436 g/mol. The largest absolute Gasteiger partial charge is 0.493 e. The van der Waals surface area contributed by atoms with Gasteiger partial charge in [0.05, 0.1) is 27.8 Å². The van der Waals surface area contributed by atoms with E-state index in [1.165, 1.54) is 0 Å². The Morgan fingerprint density at radius 2 is 1.68 bits per heavy atom. The van der Waals surface area contributed by atoms with Crippen molar-refractivity contribution >= 4 is 11.9 Å². The summed E-state index contributed by atoms with van der Waals surface area (Å²) in [6, 6.07) is 3.90. The highest BCUT2D eigenvalue weighted by molar-refractivity contribution is 5.81. The van der Waals surface area contributed by atoms with Crippen molar-refractivity contribution in [3.63, 3.8) is 0 Å². The summed E-state index contributed by atoms with van der Waals surface area (Å²) in [6.07, 6.45) is 1.13. The molecule has 2 fully saturated rings. The summed E-state index contributed by atoms with van der Waals surface area (Å²) in [4.78, 5) is 28.5. The number of methoxy groups -OCH3 is 3. The molecule has 1 amide bonds. The number of hydrogen-bond acceptors (Lipinski definition) is 8. The van der Waals surface area contributed by atoms with Gasteiger partial charge in [-0.05, 0) is 30.7 Å². The summed E-state index contributed by atoms with van der Waals surface area (Å²) in [5.74, 6) is 1.56. The van der Waals surface area contributed by atoms with E-state index < -0.39 is 0 Å². The van der Waals surface area contributed by atoms with E-state index >= 15 is 0 Å². The molecule has 0 aromatic heterocycles. The van der Waals surface area contributed by atoms with Crippen molar-refractivity contribution in [1.82, 2.24) is 15.1 Å². The summed E-state index contributed by atoms with van der Waals surface area (Å²) in [5.41, 5.74) is 1.05. The van der Waals surface area contributed by atoms with Gasteiger partial charge in [0.2, 0.25) is 11.7 Å². The van der Waals surface area contributed by atoms with Gasteiger partial charge in [0.25, 0.3) is 0 Å². The first kappa shape index (κ1) is 23.1. The van der Waals surface area contributed by atoms with Crippen LogP contribution >= 0.6 is 0 Å². The van der Waals surface area contributed by atoms with Gasteiger partial charge >= 0.3 is 5.97 Å². The van der Waals surface area contributed by atoms with Crippen LogP contribution in [0.2, 0.25) is 0 Å². The van der Waals surface area contributed by atoms with Gasteiger partial charge in [-0.25, -0.2) is 0 Å². The van der Waals surface area contributed by atoms with E-state index in [0.717, 1.165) is 38.2 Å². The molecular formula is C22H33N3O6. The van der Waals surface area contributed by atoms with Crippen LogP contribution in [0, 0.1) is 0 Å². The highest BCUT2D eigenvalue weighted by Gasteiger charge is 2.24. The van der Waals surface area contributed by atoms with Crippen LogP contribution in [-0.2, 0) is 20.9 Å². The molecule has 172 valence electrons. The van der Waals surface area contributed by atoms with E-state index in [-0.39, 0.29) is 30.8 Å². The lowest BCUT2D eigenvalue weighted by Gasteiger charge is -2.35. The Balaban J connectivity index is 1.45. The van der Waals surface area contributed by atoms with Gasteiger partial charge in [0, 0.05) is 45.7 Å². The minimum Gasteiger partial charge on any atom is -0.493 e. The minimum atomic E-state index is -0.289. The molecular weight excluding hydrogens is 402 g/mol. The number of ether oxygens (including phenoxy) is 4. The second-order valence-corrected chi connectivity index (χ2v) is 7.80. The van der Waals surface area contributed by atoms with Gasteiger partial charge in [-0.2, -0.15) is 0 Å². The van der Waals surface area contributed by atoms with E-state index in [9.17, 15) is 9.59 Å². The number of carbonyl (C=O) groups excluding carboxylic acids is 2. The molecule has 0 spiro atoms. The number of carbonyl (C=O) groups is 2. The van der Waals surface area contributed by atoms with Crippen LogP contribution in [0.4, 0.5) is 0 Å². The number of hydrogen-bond donors (Lipinski definition) is 1. The van der Waals surface area contributed by atoms with Gasteiger partial charge in [0.15, 0.2) is 11.5 Å². The van der Waals surface area contributed by atoms with Crippen LogP contribution in [0.3, 0.4) is 0 Å². The van der Waals surface area contributed by atoms with Crippen LogP contribution in [0.5, 0.6) is 17.2 Å². The molecule has 3 rings (SSSR count). The van der Waals surface area contributed by atoms with Crippen LogP contribution in [-0.4, -0.2) is 88.4 Å². The zero-order valence-corrected chi connectivity index (χ0v) is 18.6. The summed E-state index contributed by atoms with van der Waals surface area (Å²) in [5, 5.41) is 3.16. The molecule has 2 saturated heterocycles. The molecule has 2 aliphatic rings. The first-order valence-corrected chi connectivity index (χ1v) is 10.7. The fourth-order valence-corrected chi connectivity index (χ4v) is 3.98. The Hall–Kier alpha value is -2.52. The van der Waals surface area contributed by atoms with Crippen LogP contribution in [0.1, 0.15) is 24.8 Å². The number of amides is 1. The van der Waals surface area contributed by atoms with Crippen LogP contribution in [0.25, 0.3) is 0 Å². The van der Waals surface area contributed by atoms with Crippen molar-refractivity contribution in [1.29, 1.82) is 0 Å². The standard InChI is InChI=1S/C22H33N3O6/c1-28-18-12-16(13-19(29-2)22(18)30-3)15-24-8-10-25(11-9-24)20(26)4-5-21(27)31-17-6-7-23-14-17/h12-13,17,23H,4-11,14-15H2,1-3H3/t17-/m1/s1. The van der Waals surface area contributed by atoms with E-state index in [2.05, 4.69) is 10.2 Å². The molecule has 1 aromatic carbocycles. The molecule has 0 radical (unpaired) electrons. The third-order valence-electron chi connectivity index (χ3n) is 5.71. The smallest absolute Gasteiger partial charge is 0.306 e. The van der Waals surface area contributed by atoms with E-state index in [0.29, 0.717) is 36.9 Å². The maximum Gasteiger partial charge on any atom is 0.306 e. The average Bonchev–Trinajstić information content (AvgIpc) is 3.30. The lowest BCUT2D eigenvalue weighted by Crippen LogP contribution is -2.48. The predicted molar refractivity (Wildman–Crippen MR) is 115 cm³/mol. The summed E-state index contributed by atoms with van der Waals surface area (Å²) in [6.45, 7) is 5.11. The SMILES string of the molecule is COc1cc(CN2CCN(C(=O)CCC(=O)O[C@@H]3CCNC3)CC2)cc(OC)c1OC. The van der Waals surface area contributed by atoms with Crippen molar-refractivity contribution in [3.05, 3.63) is 17.7 Å². The third kappa shape index (κ3) is 6.24. The maximum atomic E-state index is 12.5. The molecule has 0 saturated carbocycles. The normalized spacial score (nSPS) is 19.2. The Kier molecular flexibility index (Phi) is 8.36. The molecule has 0 aliphatic carbocycles. The summed E-state index contributed by atoms with van der Waals surface area (Å²) in [7, 11) is 4.79. The number of benzene rings is 1. The van der Waals surface area contributed by atoms with Gasteiger partial charge in [-0.1, -0.05) is 0 Å². The lowest BCUT2D eigenvalue weighted by atomic mass is 10.1. The number of nitrogens with one attached hydrogen (secondary N) is 1. The minimum absolute atomic E-state index is 0.00827. The monoisotopic (exact) mass is 435 g/mol. The van der Waals surface area contributed by atoms with Gasteiger partial charge in [-0.15, -0.1) is 0 Å². The van der Waals surface area contributed by atoms with E-state index in [1.54, 1.807) is 21.3 Å². The van der Waals surface area contributed by atoms with E-state index in [1.807, 2.05) is 17.0 Å². The number of piperazine rings is 1. The molecule has 1 aromatic rings. The molecule has 9 heteroatoms. The third-order valence-corrected chi connectivity index (χ3v) is 5.71. The Bertz CT molecular complexity index is 733. The number of nitrogens with zero attached hydrogens (tertiary/aromatic N) is 2. The fraction of sp³-hybridized carbons (Fsp3) is 0.636. The topological polar surface area (TPSA) is 89.6 Å². The fourth-order valence-electron chi connectivity index (χ4n) is 3.98. The highest BCUT2D eigenvalue weighted by Crippen LogP contribution is 2.38. The van der Waals surface area contributed by atoms with Crippen molar-refractivity contribution in [2.45, 2.75) is 31.9 Å². The van der Waals surface area contributed by atoms with Crippen LogP contribution in [0.15, 0.2) is 12.1 Å².